The highest BCUT2D eigenvalue weighted by atomic mass is 79.9. The lowest BCUT2D eigenvalue weighted by Gasteiger charge is -2.19. The first-order valence-electron chi connectivity index (χ1n) is 8.32. The first-order chi connectivity index (χ1) is 13.2. The van der Waals surface area contributed by atoms with E-state index in [1.807, 2.05) is 0 Å². The van der Waals surface area contributed by atoms with Crippen LogP contribution in [0.5, 0.6) is 0 Å². The molecule has 1 unspecified atom stereocenters. The number of benzene rings is 1. The Morgan fingerprint density at radius 2 is 1.89 bits per heavy atom. The molecule has 1 aromatic carbocycles. The Labute approximate surface area is 165 Å². The molecule has 0 spiro atoms. The topological polar surface area (TPSA) is 114 Å². The molecule has 2 heterocycles. The minimum Gasteiger partial charge on any atom is -0.394 e. The third-order valence-corrected chi connectivity index (χ3v) is 5.11. The van der Waals surface area contributed by atoms with Crippen molar-refractivity contribution in [2.45, 2.75) is 37.5 Å². The summed E-state index contributed by atoms with van der Waals surface area (Å²) in [4.78, 5) is 25.1. The summed E-state index contributed by atoms with van der Waals surface area (Å²) in [5, 5.41) is 29.2. The number of aryl methyl sites for hydroxylation is 1. The van der Waals surface area contributed by atoms with E-state index in [1.54, 1.807) is 0 Å². The van der Waals surface area contributed by atoms with Crippen molar-refractivity contribution in [3.05, 3.63) is 66.9 Å². The maximum absolute atomic E-state index is 13.8. The molecule has 1 aliphatic rings. The number of ether oxygens (including phenoxy) is 1. The Kier molecular flexibility index (Phi) is 6.10. The van der Waals surface area contributed by atoms with Gasteiger partial charge in [0.15, 0.2) is 6.23 Å². The fourth-order valence-corrected chi connectivity index (χ4v) is 3.47. The third-order valence-electron chi connectivity index (χ3n) is 4.56. The Morgan fingerprint density at radius 3 is 2.50 bits per heavy atom. The van der Waals surface area contributed by atoms with Crippen LogP contribution in [0, 0.1) is 11.6 Å². The zero-order chi connectivity index (χ0) is 20.6. The van der Waals surface area contributed by atoms with Crippen LogP contribution in [0.25, 0.3) is 0 Å². The van der Waals surface area contributed by atoms with Gasteiger partial charge in [-0.25, -0.2) is 13.6 Å². The van der Waals surface area contributed by atoms with Crippen molar-refractivity contribution in [3.8, 4) is 0 Å². The van der Waals surface area contributed by atoms with E-state index < -0.39 is 54.0 Å². The van der Waals surface area contributed by atoms with Gasteiger partial charge < -0.3 is 20.1 Å². The zero-order valence-electron chi connectivity index (χ0n) is 14.3. The highest BCUT2D eigenvalue weighted by Crippen LogP contribution is 2.28. The summed E-state index contributed by atoms with van der Waals surface area (Å²) in [6, 6.07) is 2.99. The van der Waals surface area contributed by atoms with Gasteiger partial charge in [-0.2, -0.15) is 0 Å². The predicted octanol–water partition coefficient (Wildman–Crippen LogP) is -0.0951. The van der Waals surface area contributed by atoms with Gasteiger partial charge in [-0.1, -0.05) is 6.07 Å². The molecule has 2 aromatic rings. The molecule has 28 heavy (non-hydrogen) atoms. The van der Waals surface area contributed by atoms with Crippen LogP contribution < -0.4 is 11.2 Å². The largest absolute Gasteiger partial charge is 0.394 e. The molecule has 1 saturated heterocycles. The quantitative estimate of drug-likeness (QED) is 0.571. The molecule has 0 aliphatic carbocycles. The van der Waals surface area contributed by atoms with Crippen molar-refractivity contribution in [2.24, 2.45) is 0 Å². The maximum Gasteiger partial charge on any atom is 0.333 e. The summed E-state index contributed by atoms with van der Waals surface area (Å²) >= 11 is 3.03. The van der Waals surface area contributed by atoms with Crippen molar-refractivity contribution in [1.29, 1.82) is 0 Å². The standard InChI is InChI=1S/C17H17BrF2N2O6/c18-10-6-22(16-14(25)13(24)12(7-23)28-16)17(27)21(15(10)26)4-3-8-1-2-9(19)5-11(8)20/h1-2,5-6,12-14,16,23-25H,3-4,7H2/t12-,13+,14?,16-/m1/s1. The summed E-state index contributed by atoms with van der Waals surface area (Å²) < 4.78 is 33.8. The second-order valence-corrected chi connectivity index (χ2v) is 7.19. The van der Waals surface area contributed by atoms with Crippen LogP contribution in [0.2, 0.25) is 0 Å². The van der Waals surface area contributed by atoms with Crippen LogP contribution in [0.4, 0.5) is 8.78 Å². The predicted molar refractivity (Wildman–Crippen MR) is 95.7 cm³/mol. The lowest BCUT2D eigenvalue weighted by Crippen LogP contribution is -2.44. The van der Waals surface area contributed by atoms with Crippen LogP contribution in [0.3, 0.4) is 0 Å². The Hall–Kier alpha value is -1.92. The van der Waals surface area contributed by atoms with Gasteiger partial charge in [0, 0.05) is 18.8 Å². The summed E-state index contributed by atoms with van der Waals surface area (Å²) in [5.74, 6) is -1.54. The smallest absolute Gasteiger partial charge is 0.333 e. The van der Waals surface area contributed by atoms with E-state index >= 15 is 0 Å². The number of rotatable bonds is 5. The molecule has 1 aliphatic heterocycles. The number of halogens is 3. The van der Waals surface area contributed by atoms with E-state index in [-0.39, 0.29) is 23.0 Å². The van der Waals surface area contributed by atoms with E-state index in [0.29, 0.717) is 6.07 Å². The van der Waals surface area contributed by atoms with Crippen LogP contribution in [-0.4, -0.2) is 49.4 Å². The van der Waals surface area contributed by atoms with E-state index in [4.69, 9.17) is 4.74 Å². The molecule has 11 heteroatoms. The molecule has 4 atom stereocenters. The Morgan fingerprint density at radius 1 is 1.18 bits per heavy atom. The van der Waals surface area contributed by atoms with Crippen molar-refractivity contribution >= 4 is 15.9 Å². The van der Waals surface area contributed by atoms with Crippen LogP contribution in [0.15, 0.2) is 38.5 Å². The SMILES string of the molecule is O=c1c(Br)cn([C@@H]2O[C@H](CO)[C@H](O)C2O)c(=O)n1CCc1ccc(F)cc1F. The number of hydrogen-bond acceptors (Lipinski definition) is 6. The van der Waals surface area contributed by atoms with Gasteiger partial charge in [0.2, 0.25) is 0 Å². The number of aromatic nitrogens is 2. The van der Waals surface area contributed by atoms with Gasteiger partial charge in [-0.05, 0) is 34.0 Å². The average molecular weight is 463 g/mol. The maximum atomic E-state index is 13.8. The summed E-state index contributed by atoms with van der Waals surface area (Å²) in [5.41, 5.74) is -1.42. The number of nitrogens with zero attached hydrogens (tertiary/aromatic N) is 2. The second-order valence-electron chi connectivity index (χ2n) is 6.34. The molecule has 0 radical (unpaired) electrons. The van der Waals surface area contributed by atoms with Gasteiger partial charge in [0.05, 0.1) is 11.1 Å². The molecule has 0 bridgehead atoms. The molecule has 3 N–H and O–H groups in total. The number of aliphatic hydroxyl groups is 3. The fraction of sp³-hybridized carbons (Fsp3) is 0.412. The molecule has 3 rings (SSSR count). The van der Waals surface area contributed by atoms with Crippen molar-refractivity contribution < 1.29 is 28.8 Å². The monoisotopic (exact) mass is 462 g/mol. The van der Waals surface area contributed by atoms with E-state index in [2.05, 4.69) is 15.9 Å². The molecular weight excluding hydrogens is 446 g/mol. The van der Waals surface area contributed by atoms with Crippen molar-refractivity contribution in [3.63, 3.8) is 0 Å². The summed E-state index contributed by atoms with van der Waals surface area (Å²) in [6.07, 6.45) is -4.31. The Balaban J connectivity index is 1.94. The van der Waals surface area contributed by atoms with Gasteiger partial charge in [0.1, 0.15) is 29.9 Å². The summed E-state index contributed by atoms with van der Waals surface area (Å²) in [6.45, 7) is -0.789. The highest BCUT2D eigenvalue weighted by Gasteiger charge is 2.44. The minimum absolute atomic E-state index is 0.0237. The van der Waals surface area contributed by atoms with E-state index in [1.165, 1.54) is 6.07 Å². The molecule has 1 aromatic heterocycles. The first kappa shape index (κ1) is 20.8. The van der Waals surface area contributed by atoms with Crippen LogP contribution in [-0.2, 0) is 17.7 Å². The average Bonchev–Trinajstić information content (AvgIpc) is 2.94. The number of hydrogen-bond donors (Lipinski definition) is 3. The molecule has 1 fully saturated rings. The van der Waals surface area contributed by atoms with Crippen LogP contribution >= 0.6 is 15.9 Å². The van der Waals surface area contributed by atoms with Crippen molar-refractivity contribution in [1.82, 2.24) is 9.13 Å². The molecule has 152 valence electrons. The zero-order valence-corrected chi connectivity index (χ0v) is 15.9. The molecular formula is C17H17BrF2N2O6. The third kappa shape index (κ3) is 3.80. The van der Waals surface area contributed by atoms with Gasteiger partial charge >= 0.3 is 5.69 Å². The van der Waals surface area contributed by atoms with Crippen LogP contribution in [0.1, 0.15) is 11.8 Å². The summed E-state index contributed by atoms with van der Waals surface area (Å²) in [7, 11) is 0. The lowest BCUT2D eigenvalue weighted by molar-refractivity contribution is -0.0557. The molecule has 8 nitrogen and oxygen atoms in total. The second kappa shape index (κ2) is 8.21. The normalized spacial score (nSPS) is 24.6. The van der Waals surface area contributed by atoms with Gasteiger partial charge in [-0.15, -0.1) is 0 Å². The number of aliphatic hydroxyl groups excluding tert-OH is 3. The lowest BCUT2D eigenvalue weighted by atomic mass is 10.1. The first-order valence-corrected chi connectivity index (χ1v) is 9.11. The van der Waals surface area contributed by atoms with E-state index in [0.717, 1.165) is 21.4 Å². The van der Waals surface area contributed by atoms with Crippen molar-refractivity contribution in [2.75, 3.05) is 6.61 Å². The molecule has 0 amide bonds. The highest BCUT2D eigenvalue weighted by molar-refractivity contribution is 9.10. The van der Waals surface area contributed by atoms with E-state index in [9.17, 15) is 33.7 Å². The van der Waals surface area contributed by atoms with Gasteiger partial charge in [-0.3, -0.25) is 13.9 Å². The molecule has 0 saturated carbocycles. The Bertz CT molecular complexity index is 995. The minimum atomic E-state index is -1.51. The fourth-order valence-electron chi connectivity index (χ4n) is 3.03. The van der Waals surface area contributed by atoms with Gasteiger partial charge in [0.25, 0.3) is 5.56 Å².